The Morgan fingerprint density at radius 1 is 1.16 bits per heavy atom. The van der Waals surface area contributed by atoms with Gasteiger partial charge in [0.05, 0.1) is 5.56 Å². The number of hydrogen-bond donors (Lipinski definition) is 1. The highest BCUT2D eigenvalue weighted by molar-refractivity contribution is 5.93. The summed E-state index contributed by atoms with van der Waals surface area (Å²) in [5, 5.41) is 3.11. The van der Waals surface area contributed by atoms with E-state index in [1.54, 1.807) is 12.4 Å². The van der Waals surface area contributed by atoms with Crippen molar-refractivity contribution in [2.75, 3.05) is 18.4 Å². The zero-order valence-electron chi connectivity index (χ0n) is 11.7. The van der Waals surface area contributed by atoms with E-state index in [1.807, 2.05) is 18.7 Å². The van der Waals surface area contributed by atoms with Gasteiger partial charge >= 0.3 is 0 Å². The molecular formula is C14H22N4O. The molecule has 0 spiro atoms. The molecule has 0 aromatic carbocycles. The number of aromatic nitrogens is 2. The Labute approximate surface area is 114 Å². The second kappa shape index (κ2) is 6.50. The van der Waals surface area contributed by atoms with Crippen molar-refractivity contribution in [2.24, 2.45) is 0 Å². The number of nitrogens with one attached hydrogen (secondary N) is 1. The van der Waals surface area contributed by atoms with Crippen LogP contribution in [0.4, 0.5) is 5.95 Å². The van der Waals surface area contributed by atoms with E-state index in [1.165, 1.54) is 12.8 Å². The van der Waals surface area contributed by atoms with Crippen LogP contribution < -0.4 is 5.32 Å². The number of carbonyl (C=O) groups is 1. The minimum atomic E-state index is 0.0537. The predicted molar refractivity (Wildman–Crippen MR) is 75.2 cm³/mol. The van der Waals surface area contributed by atoms with Crippen molar-refractivity contribution in [1.82, 2.24) is 14.9 Å². The number of likely N-dealkylation sites (tertiary alicyclic amines) is 1. The quantitative estimate of drug-likeness (QED) is 0.908. The summed E-state index contributed by atoms with van der Waals surface area (Å²) < 4.78 is 0. The number of amides is 1. The van der Waals surface area contributed by atoms with Crippen LogP contribution in [-0.4, -0.2) is 39.9 Å². The van der Waals surface area contributed by atoms with Gasteiger partial charge < -0.3 is 10.2 Å². The second-order valence-corrected chi connectivity index (χ2v) is 5.30. The largest absolute Gasteiger partial charge is 0.352 e. The van der Waals surface area contributed by atoms with Crippen molar-refractivity contribution in [3.8, 4) is 0 Å². The minimum Gasteiger partial charge on any atom is -0.352 e. The van der Waals surface area contributed by atoms with Crippen molar-refractivity contribution in [3.05, 3.63) is 18.0 Å². The summed E-state index contributed by atoms with van der Waals surface area (Å²) in [7, 11) is 0. The first kappa shape index (κ1) is 13.8. The van der Waals surface area contributed by atoms with Crippen molar-refractivity contribution < 1.29 is 4.79 Å². The first-order valence-electron chi connectivity index (χ1n) is 7.04. The van der Waals surface area contributed by atoms with Gasteiger partial charge in [0.25, 0.3) is 5.91 Å². The molecule has 0 radical (unpaired) electrons. The Morgan fingerprint density at radius 3 is 2.26 bits per heavy atom. The van der Waals surface area contributed by atoms with Crippen LogP contribution in [0, 0.1) is 0 Å². The highest BCUT2D eigenvalue weighted by Crippen LogP contribution is 2.13. The Hall–Kier alpha value is -1.65. The highest BCUT2D eigenvalue weighted by atomic mass is 16.2. The van der Waals surface area contributed by atoms with Crippen LogP contribution >= 0.6 is 0 Å². The first-order chi connectivity index (χ1) is 9.16. The van der Waals surface area contributed by atoms with Gasteiger partial charge in [-0.1, -0.05) is 12.8 Å². The zero-order chi connectivity index (χ0) is 13.7. The molecule has 0 saturated carbocycles. The van der Waals surface area contributed by atoms with Gasteiger partial charge in [-0.2, -0.15) is 0 Å². The monoisotopic (exact) mass is 262 g/mol. The lowest BCUT2D eigenvalue weighted by atomic mass is 10.2. The molecular weight excluding hydrogens is 240 g/mol. The molecule has 0 unspecified atom stereocenters. The third-order valence-electron chi connectivity index (χ3n) is 3.21. The summed E-state index contributed by atoms with van der Waals surface area (Å²) in [6.45, 7) is 5.76. The Bertz CT molecular complexity index is 408. The molecule has 5 heteroatoms. The fourth-order valence-electron chi connectivity index (χ4n) is 2.23. The van der Waals surface area contributed by atoms with Gasteiger partial charge in [0, 0.05) is 31.5 Å². The van der Waals surface area contributed by atoms with Crippen molar-refractivity contribution in [3.63, 3.8) is 0 Å². The lowest BCUT2D eigenvalue weighted by Crippen LogP contribution is -2.32. The lowest BCUT2D eigenvalue weighted by Gasteiger charge is -2.20. The summed E-state index contributed by atoms with van der Waals surface area (Å²) in [4.78, 5) is 22.6. The number of hydrogen-bond acceptors (Lipinski definition) is 4. The molecule has 1 amide bonds. The van der Waals surface area contributed by atoms with E-state index in [0.29, 0.717) is 11.5 Å². The van der Waals surface area contributed by atoms with Crippen LogP contribution in [0.1, 0.15) is 49.9 Å². The van der Waals surface area contributed by atoms with Gasteiger partial charge in [-0.25, -0.2) is 9.97 Å². The van der Waals surface area contributed by atoms with E-state index < -0.39 is 0 Å². The first-order valence-corrected chi connectivity index (χ1v) is 7.04. The van der Waals surface area contributed by atoms with Gasteiger partial charge in [-0.15, -0.1) is 0 Å². The maximum atomic E-state index is 12.3. The van der Waals surface area contributed by atoms with Gasteiger partial charge in [0.1, 0.15) is 0 Å². The van der Waals surface area contributed by atoms with Crippen LogP contribution in [-0.2, 0) is 0 Å². The molecule has 0 bridgehead atoms. The molecule has 1 aromatic heterocycles. The fraction of sp³-hybridized carbons (Fsp3) is 0.643. The lowest BCUT2D eigenvalue weighted by molar-refractivity contribution is 0.0761. The summed E-state index contributed by atoms with van der Waals surface area (Å²) >= 11 is 0. The molecule has 19 heavy (non-hydrogen) atoms. The van der Waals surface area contributed by atoms with Crippen LogP contribution in [0.3, 0.4) is 0 Å². The SMILES string of the molecule is CC(C)Nc1ncc(C(=O)N2CCCCCC2)cn1. The molecule has 5 nitrogen and oxygen atoms in total. The van der Waals surface area contributed by atoms with E-state index >= 15 is 0 Å². The van der Waals surface area contributed by atoms with Crippen LogP contribution in [0.2, 0.25) is 0 Å². The molecule has 1 aliphatic rings. The standard InChI is InChI=1S/C14H22N4O/c1-11(2)17-14-15-9-12(10-16-14)13(19)18-7-5-3-4-6-8-18/h9-11H,3-8H2,1-2H3,(H,15,16,17). The van der Waals surface area contributed by atoms with Crippen molar-refractivity contribution in [2.45, 2.75) is 45.6 Å². The molecule has 104 valence electrons. The fourth-order valence-corrected chi connectivity index (χ4v) is 2.23. The molecule has 1 fully saturated rings. The van der Waals surface area contributed by atoms with Crippen LogP contribution in [0.15, 0.2) is 12.4 Å². The normalized spacial score (nSPS) is 16.3. The van der Waals surface area contributed by atoms with Crippen LogP contribution in [0.5, 0.6) is 0 Å². The number of rotatable bonds is 3. The third-order valence-corrected chi connectivity index (χ3v) is 3.21. The van der Waals surface area contributed by atoms with Crippen LogP contribution in [0.25, 0.3) is 0 Å². The number of anilines is 1. The Balaban J connectivity index is 2.02. The highest BCUT2D eigenvalue weighted by Gasteiger charge is 2.17. The predicted octanol–water partition coefficient (Wildman–Crippen LogP) is 2.31. The van der Waals surface area contributed by atoms with E-state index in [9.17, 15) is 4.79 Å². The molecule has 1 aromatic rings. The minimum absolute atomic E-state index is 0.0537. The summed E-state index contributed by atoms with van der Waals surface area (Å²) in [6.07, 6.45) is 7.87. The van der Waals surface area contributed by atoms with Crippen molar-refractivity contribution >= 4 is 11.9 Å². The topological polar surface area (TPSA) is 58.1 Å². The zero-order valence-corrected chi connectivity index (χ0v) is 11.7. The summed E-state index contributed by atoms with van der Waals surface area (Å²) in [5.41, 5.74) is 0.580. The third kappa shape index (κ3) is 3.91. The molecule has 0 atom stereocenters. The van der Waals surface area contributed by atoms with E-state index in [4.69, 9.17) is 0 Å². The van der Waals surface area contributed by atoms with E-state index in [2.05, 4.69) is 15.3 Å². The van der Waals surface area contributed by atoms with Gasteiger partial charge in [0.2, 0.25) is 5.95 Å². The van der Waals surface area contributed by atoms with E-state index in [-0.39, 0.29) is 11.9 Å². The smallest absolute Gasteiger partial charge is 0.256 e. The maximum absolute atomic E-state index is 12.3. The molecule has 2 heterocycles. The molecule has 1 aliphatic heterocycles. The molecule has 2 rings (SSSR count). The summed E-state index contributed by atoms with van der Waals surface area (Å²) in [6, 6.07) is 0.284. The Kier molecular flexibility index (Phi) is 4.71. The van der Waals surface area contributed by atoms with Gasteiger partial charge in [-0.3, -0.25) is 4.79 Å². The Morgan fingerprint density at radius 2 is 1.74 bits per heavy atom. The second-order valence-electron chi connectivity index (χ2n) is 5.30. The van der Waals surface area contributed by atoms with Gasteiger partial charge in [0.15, 0.2) is 0 Å². The van der Waals surface area contributed by atoms with E-state index in [0.717, 1.165) is 25.9 Å². The molecule has 0 aliphatic carbocycles. The average Bonchev–Trinajstić information content (AvgIpc) is 2.67. The average molecular weight is 262 g/mol. The molecule has 1 N–H and O–H groups in total. The molecule has 1 saturated heterocycles. The van der Waals surface area contributed by atoms with Crippen molar-refractivity contribution in [1.29, 1.82) is 0 Å². The number of carbonyl (C=O) groups excluding carboxylic acids is 1. The maximum Gasteiger partial charge on any atom is 0.256 e. The number of nitrogens with zero attached hydrogens (tertiary/aromatic N) is 3. The van der Waals surface area contributed by atoms with Gasteiger partial charge in [-0.05, 0) is 26.7 Å². The summed E-state index contributed by atoms with van der Waals surface area (Å²) in [5.74, 6) is 0.625.